The predicted octanol–water partition coefficient (Wildman–Crippen LogP) is 2.01. The summed E-state index contributed by atoms with van der Waals surface area (Å²) in [6.07, 6.45) is -3.18. The maximum absolute atomic E-state index is 13.3. The average Bonchev–Trinajstić information content (AvgIpc) is 3.25. The molecule has 2 aliphatic rings. The highest BCUT2D eigenvalue weighted by molar-refractivity contribution is 6.05. The number of hydrogen-bond acceptors (Lipinski definition) is 9. The van der Waals surface area contributed by atoms with E-state index in [0.29, 0.717) is 25.2 Å². The molecule has 2 aliphatic heterocycles. The van der Waals surface area contributed by atoms with Crippen LogP contribution in [-0.4, -0.2) is 81.6 Å². The van der Waals surface area contributed by atoms with Gasteiger partial charge in [-0.05, 0) is 18.6 Å². The van der Waals surface area contributed by atoms with Crippen molar-refractivity contribution in [3.63, 3.8) is 0 Å². The summed E-state index contributed by atoms with van der Waals surface area (Å²) in [6.45, 7) is 1.40. The van der Waals surface area contributed by atoms with E-state index in [1.54, 1.807) is 6.07 Å². The molecule has 194 valence electrons. The summed E-state index contributed by atoms with van der Waals surface area (Å²) in [4.78, 5) is 41.5. The molecule has 36 heavy (non-hydrogen) atoms. The number of rotatable bonds is 8. The lowest BCUT2D eigenvalue weighted by atomic mass is 10.0. The van der Waals surface area contributed by atoms with Crippen molar-refractivity contribution in [3.05, 3.63) is 30.2 Å². The lowest BCUT2D eigenvalue weighted by Crippen LogP contribution is -2.48. The molecule has 2 aromatic rings. The molecule has 0 saturated carbocycles. The Kier molecular flexibility index (Phi) is 7.26. The Labute approximate surface area is 203 Å². The van der Waals surface area contributed by atoms with E-state index in [1.807, 2.05) is 4.90 Å². The van der Waals surface area contributed by atoms with Gasteiger partial charge in [0.15, 0.2) is 17.4 Å². The highest BCUT2D eigenvalue weighted by Crippen LogP contribution is 2.39. The molecule has 4 rings (SSSR count). The Hall–Kier alpha value is -3.52. The molecule has 0 aromatic carbocycles. The normalized spacial score (nSPS) is 18.4. The molecule has 14 heteroatoms. The number of urea groups is 1. The van der Waals surface area contributed by atoms with Crippen LogP contribution in [0.15, 0.2) is 24.5 Å². The minimum absolute atomic E-state index is 0.0104. The van der Waals surface area contributed by atoms with E-state index in [2.05, 4.69) is 20.3 Å². The molecule has 0 unspecified atom stereocenters. The fraction of sp³-hybridized carbons (Fsp3) is 0.500. The van der Waals surface area contributed by atoms with Crippen LogP contribution in [0, 0.1) is 5.92 Å². The topological polar surface area (TPSA) is 141 Å². The lowest BCUT2D eigenvalue weighted by Gasteiger charge is -2.35. The summed E-state index contributed by atoms with van der Waals surface area (Å²) in [5.41, 5.74) is 0.447. The Morgan fingerprint density at radius 2 is 2.06 bits per heavy atom. The fourth-order valence-corrected chi connectivity index (χ4v) is 4.01. The van der Waals surface area contributed by atoms with E-state index < -0.39 is 43.0 Å². The van der Waals surface area contributed by atoms with Gasteiger partial charge < -0.3 is 19.8 Å². The first-order valence-corrected chi connectivity index (χ1v) is 11.3. The molecule has 1 saturated heterocycles. The van der Waals surface area contributed by atoms with Gasteiger partial charge >= 0.3 is 12.2 Å². The Morgan fingerprint density at radius 3 is 2.78 bits per heavy atom. The van der Waals surface area contributed by atoms with Crippen LogP contribution in [0.3, 0.4) is 0 Å². The molecule has 3 atom stereocenters. The van der Waals surface area contributed by atoms with Crippen LogP contribution in [0.4, 0.5) is 35.3 Å². The zero-order valence-electron chi connectivity index (χ0n) is 19.3. The fourth-order valence-electron chi connectivity index (χ4n) is 4.01. The van der Waals surface area contributed by atoms with E-state index >= 15 is 0 Å². The minimum Gasteiger partial charge on any atom is -0.474 e. The maximum Gasteiger partial charge on any atom is 0.391 e. The summed E-state index contributed by atoms with van der Waals surface area (Å²) in [5, 5.41) is 20.9. The second kappa shape index (κ2) is 10.2. The number of carbonyl (C=O) groups is 2. The van der Waals surface area contributed by atoms with Crippen LogP contribution in [-0.2, 0) is 0 Å². The number of nitrogens with zero attached hydrogens (tertiary/aromatic N) is 5. The van der Waals surface area contributed by atoms with Gasteiger partial charge in [-0.15, -0.1) is 0 Å². The number of carbonyl (C=O) groups excluding carboxylic acids is 2. The third-order valence-electron chi connectivity index (χ3n) is 5.99. The van der Waals surface area contributed by atoms with E-state index in [-0.39, 0.29) is 35.9 Å². The number of alkyl halides is 3. The number of aromatic nitrogens is 3. The zero-order chi connectivity index (χ0) is 26.0. The van der Waals surface area contributed by atoms with Gasteiger partial charge in [0.2, 0.25) is 5.88 Å². The molecule has 0 spiro atoms. The first-order chi connectivity index (χ1) is 17.1. The van der Waals surface area contributed by atoms with Crippen LogP contribution < -0.4 is 19.9 Å². The van der Waals surface area contributed by atoms with Crippen molar-refractivity contribution in [1.82, 2.24) is 15.0 Å². The summed E-state index contributed by atoms with van der Waals surface area (Å²) in [7, 11) is 0. The van der Waals surface area contributed by atoms with Gasteiger partial charge in [-0.3, -0.25) is 20.0 Å². The maximum atomic E-state index is 13.3. The molecule has 2 amide bonds. The van der Waals surface area contributed by atoms with Crippen LogP contribution in [0.5, 0.6) is 5.88 Å². The van der Waals surface area contributed by atoms with Crippen LogP contribution >= 0.6 is 0 Å². The van der Waals surface area contributed by atoms with Gasteiger partial charge in [-0.1, -0.05) is 6.92 Å². The van der Waals surface area contributed by atoms with Gasteiger partial charge in [0, 0.05) is 19.5 Å². The van der Waals surface area contributed by atoms with Crippen molar-refractivity contribution in [1.29, 1.82) is 0 Å². The van der Waals surface area contributed by atoms with Crippen molar-refractivity contribution in [3.8, 4) is 5.88 Å². The number of pyridine rings is 1. The van der Waals surface area contributed by atoms with Crippen molar-refractivity contribution in [2.45, 2.75) is 38.1 Å². The van der Waals surface area contributed by atoms with Gasteiger partial charge in [0.05, 0.1) is 36.6 Å². The number of ether oxygens (including phenoxy) is 1. The molecule has 0 radical (unpaired) electrons. The Morgan fingerprint density at radius 1 is 1.28 bits per heavy atom. The number of amides is 2. The number of aliphatic hydroxyl groups excluding tert-OH is 2. The number of ketones is 1. The van der Waals surface area contributed by atoms with Crippen LogP contribution in [0.25, 0.3) is 0 Å². The molecule has 3 N–H and O–H groups in total. The zero-order valence-corrected chi connectivity index (χ0v) is 19.3. The number of halogens is 3. The summed E-state index contributed by atoms with van der Waals surface area (Å²) < 4.78 is 44.0. The number of anilines is 3. The predicted molar refractivity (Wildman–Crippen MR) is 121 cm³/mol. The minimum atomic E-state index is -4.50. The van der Waals surface area contributed by atoms with Crippen LogP contribution in [0.2, 0.25) is 0 Å². The van der Waals surface area contributed by atoms with E-state index in [0.717, 1.165) is 6.92 Å². The number of Topliss-reactive ketones (excluding diaryl/α,β-unsaturated/α-hetero) is 1. The highest BCUT2D eigenvalue weighted by atomic mass is 19.4. The van der Waals surface area contributed by atoms with Crippen molar-refractivity contribution >= 4 is 29.1 Å². The standard InChI is InChI=1S/C22H25F3N6O5/c1-12(22(23,24)25)6-17(34)15-2-3-16-20(27-15)31(13-4-5-30(16)9-13)21(35)29-18-7-26-8-19(28-18)36-11-14(33)10-32/h2-3,7-8,12-14,32-33H,4-6,9-11H2,1H3,(H,28,29,35)/t12-,13-,14+/m0/s1. The summed E-state index contributed by atoms with van der Waals surface area (Å²) >= 11 is 0. The lowest BCUT2D eigenvalue weighted by molar-refractivity contribution is -0.168. The number of nitrogens with one attached hydrogen (secondary N) is 1. The molecule has 11 nitrogen and oxygen atoms in total. The Bertz CT molecular complexity index is 1130. The monoisotopic (exact) mass is 510 g/mol. The summed E-state index contributed by atoms with van der Waals surface area (Å²) in [6, 6.07) is 2.10. The second-order valence-electron chi connectivity index (χ2n) is 8.69. The van der Waals surface area contributed by atoms with Gasteiger partial charge in [0.25, 0.3) is 0 Å². The van der Waals surface area contributed by atoms with E-state index in [4.69, 9.17) is 9.84 Å². The van der Waals surface area contributed by atoms with Gasteiger partial charge in [0.1, 0.15) is 18.4 Å². The first-order valence-electron chi connectivity index (χ1n) is 11.3. The third-order valence-corrected chi connectivity index (χ3v) is 5.99. The molecular formula is C22H25F3N6O5. The molecular weight excluding hydrogens is 485 g/mol. The van der Waals surface area contributed by atoms with Crippen molar-refractivity contribution < 1.29 is 37.7 Å². The molecule has 2 bridgehead atoms. The number of hydrogen-bond donors (Lipinski definition) is 3. The average molecular weight is 510 g/mol. The molecule has 2 aromatic heterocycles. The quantitative estimate of drug-likeness (QED) is 0.455. The van der Waals surface area contributed by atoms with E-state index in [9.17, 15) is 27.9 Å². The van der Waals surface area contributed by atoms with E-state index in [1.165, 1.54) is 23.4 Å². The largest absolute Gasteiger partial charge is 0.474 e. The number of aliphatic hydroxyl groups is 2. The second-order valence-corrected chi connectivity index (χ2v) is 8.69. The smallest absolute Gasteiger partial charge is 0.391 e. The van der Waals surface area contributed by atoms with Gasteiger partial charge in [-0.25, -0.2) is 9.78 Å². The van der Waals surface area contributed by atoms with Gasteiger partial charge in [-0.2, -0.15) is 18.2 Å². The Balaban J connectivity index is 1.55. The molecule has 4 heterocycles. The molecule has 1 fully saturated rings. The highest BCUT2D eigenvalue weighted by Gasteiger charge is 2.41. The first kappa shape index (κ1) is 25.6. The van der Waals surface area contributed by atoms with Crippen molar-refractivity contribution in [2.24, 2.45) is 5.92 Å². The number of fused-ring (bicyclic) bond motifs is 4. The van der Waals surface area contributed by atoms with Crippen molar-refractivity contribution in [2.75, 3.05) is 41.4 Å². The SMILES string of the molecule is C[C@@H](CC(=O)c1ccc2c(n1)N(C(=O)Nc1cncc(OC[C@H](O)CO)n1)[C@H]1CCN2C1)C(F)(F)F. The summed E-state index contributed by atoms with van der Waals surface area (Å²) in [5.74, 6) is -2.36. The van der Waals surface area contributed by atoms with Crippen LogP contribution in [0.1, 0.15) is 30.3 Å². The molecule has 0 aliphatic carbocycles. The third kappa shape index (κ3) is 5.49.